The molecule has 5 heteroatoms. The molecule has 0 spiro atoms. The van der Waals surface area contributed by atoms with Crippen LogP contribution in [0.1, 0.15) is 18.0 Å². The van der Waals surface area contributed by atoms with E-state index in [2.05, 4.69) is 4.74 Å². The van der Waals surface area contributed by atoms with Crippen LogP contribution < -0.4 is 16.2 Å². The fourth-order valence-electron chi connectivity index (χ4n) is 1.24. The summed E-state index contributed by atoms with van der Waals surface area (Å²) in [6.07, 6.45) is 0.662. The van der Waals surface area contributed by atoms with Crippen LogP contribution in [-0.4, -0.2) is 13.2 Å². The first-order valence-corrected chi connectivity index (χ1v) is 4.64. The molecule has 0 aromatic heterocycles. The quantitative estimate of drug-likeness (QED) is 0.786. The van der Waals surface area contributed by atoms with E-state index in [9.17, 15) is 8.78 Å². The minimum atomic E-state index is -2.80. The smallest absolute Gasteiger partial charge is 0.387 e. The maximum Gasteiger partial charge on any atom is 0.387 e. The van der Waals surface area contributed by atoms with Crippen LogP contribution in [-0.2, 0) is 0 Å². The lowest BCUT2D eigenvalue weighted by molar-refractivity contribution is -0.0498. The third-order valence-corrected chi connectivity index (χ3v) is 2.01. The monoisotopic (exact) mass is 216 g/mol. The Labute approximate surface area is 87.0 Å². The fourth-order valence-corrected chi connectivity index (χ4v) is 1.24. The zero-order valence-electron chi connectivity index (χ0n) is 8.20. The second-order valence-corrected chi connectivity index (χ2v) is 3.13. The van der Waals surface area contributed by atoms with E-state index in [0.717, 1.165) is 5.56 Å². The number of rotatable bonds is 5. The molecule has 0 heterocycles. The van der Waals surface area contributed by atoms with Gasteiger partial charge in [0.2, 0.25) is 0 Å². The second kappa shape index (κ2) is 5.63. The molecule has 0 bridgehead atoms. The molecule has 0 radical (unpaired) electrons. The largest absolute Gasteiger partial charge is 0.435 e. The molecule has 3 nitrogen and oxygen atoms in total. The van der Waals surface area contributed by atoms with Crippen molar-refractivity contribution in [2.24, 2.45) is 11.5 Å². The molecule has 0 aliphatic rings. The molecule has 84 valence electrons. The van der Waals surface area contributed by atoms with Crippen LogP contribution in [0.15, 0.2) is 24.3 Å². The van der Waals surface area contributed by atoms with Crippen molar-refractivity contribution in [2.45, 2.75) is 19.1 Å². The molecule has 0 amide bonds. The van der Waals surface area contributed by atoms with Gasteiger partial charge in [0.15, 0.2) is 0 Å². The van der Waals surface area contributed by atoms with Crippen molar-refractivity contribution in [3.63, 3.8) is 0 Å². The standard InChI is InChI=1S/C10H14F2N2O/c11-10(12)15-8-3-1-7(2-4-8)9(14)5-6-13/h1-4,9-10H,5-6,13-14H2/t9-/m1/s1. The lowest BCUT2D eigenvalue weighted by atomic mass is 10.1. The topological polar surface area (TPSA) is 61.3 Å². The molecule has 1 aromatic rings. The number of hydrogen-bond donors (Lipinski definition) is 2. The van der Waals surface area contributed by atoms with Crippen molar-refractivity contribution in [2.75, 3.05) is 6.54 Å². The number of hydrogen-bond acceptors (Lipinski definition) is 3. The van der Waals surface area contributed by atoms with Gasteiger partial charge in [-0.15, -0.1) is 0 Å². The summed E-state index contributed by atoms with van der Waals surface area (Å²) in [5, 5.41) is 0. The van der Waals surface area contributed by atoms with Gasteiger partial charge < -0.3 is 16.2 Å². The molecule has 1 atom stereocenters. The van der Waals surface area contributed by atoms with Crippen LogP contribution in [0.4, 0.5) is 8.78 Å². The number of halogens is 2. The molecule has 15 heavy (non-hydrogen) atoms. The fraction of sp³-hybridized carbons (Fsp3) is 0.400. The zero-order valence-corrected chi connectivity index (χ0v) is 8.20. The van der Waals surface area contributed by atoms with Crippen LogP contribution >= 0.6 is 0 Å². The van der Waals surface area contributed by atoms with Gasteiger partial charge in [-0.05, 0) is 30.7 Å². The maximum absolute atomic E-state index is 11.8. The Kier molecular flexibility index (Phi) is 4.45. The first-order valence-electron chi connectivity index (χ1n) is 4.64. The van der Waals surface area contributed by atoms with Gasteiger partial charge in [0.1, 0.15) is 5.75 Å². The summed E-state index contributed by atoms with van der Waals surface area (Å²) in [6.45, 7) is -2.30. The number of benzene rings is 1. The van der Waals surface area contributed by atoms with Crippen molar-refractivity contribution in [3.05, 3.63) is 29.8 Å². The van der Waals surface area contributed by atoms with Gasteiger partial charge >= 0.3 is 6.61 Å². The lowest BCUT2D eigenvalue weighted by Crippen LogP contribution is -2.15. The van der Waals surface area contributed by atoms with E-state index in [0.29, 0.717) is 13.0 Å². The maximum atomic E-state index is 11.8. The summed E-state index contributed by atoms with van der Waals surface area (Å²) in [4.78, 5) is 0. The van der Waals surface area contributed by atoms with Crippen LogP contribution in [0.25, 0.3) is 0 Å². The summed E-state index contributed by atoms with van der Waals surface area (Å²) >= 11 is 0. The van der Waals surface area contributed by atoms with E-state index >= 15 is 0 Å². The summed E-state index contributed by atoms with van der Waals surface area (Å²) < 4.78 is 27.9. The Morgan fingerprint density at radius 2 is 1.80 bits per heavy atom. The molecule has 0 saturated heterocycles. The summed E-state index contributed by atoms with van der Waals surface area (Å²) in [5.41, 5.74) is 12.0. The molecular formula is C10H14F2N2O. The summed E-state index contributed by atoms with van der Waals surface area (Å²) in [7, 11) is 0. The molecular weight excluding hydrogens is 202 g/mol. The van der Waals surface area contributed by atoms with Gasteiger partial charge in [0.05, 0.1) is 0 Å². The van der Waals surface area contributed by atoms with Crippen molar-refractivity contribution in [1.82, 2.24) is 0 Å². The van der Waals surface area contributed by atoms with Gasteiger partial charge in [-0.2, -0.15) is 8.78 Å². The third kappa shape index (κ3) is 3.81. The van der Waals surface area contributed by atoms with Gasteiger partial charge in [0, 0.05) is 6.04 Å². The number of alkyl halides is 2. The highest BCUT2D eigenvalue weighted by molar-refractivity contribution is 5.29. The van der Waals surface area contributed by atoms with Crippen molar-refractivity contribution in [1.29, 1.82) is 0 Å². The third-order valence-electron chi connectivity index (χ3n) is 2.01. The highest BCUT2D eigenvalue weighted by Crippen LogP contribution is 2.19. The van der Waals surface area contributed by atoms with Gasteiger partial charge in [-0.1, -0.05) is 12.1 Å². The predicted octanol–water partition coefficient (Wildman–Crippen LogP) is 1.64. The van der Waals surface area contributed by atoms with E-state index in [-0.39, 0.29) is 11.8 Å². The lowest BCUT2D eigenvalue weighted by Gasteiger charge is -2.11. The van der Waals surface area contributed by atoms with E-state index in [4.69, 9.17) is 11.5 Å². The molecule has 0 unspecified atom stereocenters. The molecule has 0 aliphatic carbocycles. The minimum Gasteiger partial charge on any atom is -0.435 e. The Morgan fingerprint density at radius 1 is 1.20 bits per heavy atom. The molecule has 1 aromatic carbocycles. The van der Waals surface area contributed by atoms with Crippen molar-refractivity contribution >= 4 is 0 Å². The predicted molar refractivity (Wildman–Crippen MR) is 53.7 cm³/mol. The van der Waals surface area contributed by atoms with E-state index in [1.165, 1.54) is 12.1 Å². The van der Waals surface area contributed by atoms with Crippen LogP contribution in [0.2, 0.25) is 0 Å². The zero-order chi connectivity index (χ0) is 11.3. The molecule has 4 N–H and O–H groups in total. The molecule has 0 aliphatic heterocycles. The summed E-state index contributed by atoms with van der Waals surface area (Å²) in [6, 6.07) is 6.11. The van der Waals surface area contributed by atoms with E-state index < -0.39 is 6.61 Å². The summed E-state index contributed by atoms with van der Waals surface area (Å²) in [5.74, 6) is 0.133. The van der Waals surface area contributed by atoms with Gasteiger partial charge in [-0.25, -0.2) is 0 Å². The first-order chi connectivity index (χ1) is 7.13. The Hall–Kier alpha value is -1.20. The van der Waals surface area contributed by atoms with Crippen molar-refractivity contribution < 1.29 is 13.5 Å². The Bertz CT molecular complexity index is 290. The Morgan fingerprint density at radius 3 is 2.27 bits per heavy atom. The van der Waals surface area contributed by atoms with Gasteiger partial charge in [-0.3, -0.25) is 0 Å². The minimum absolute atomic E-state index is 0.133. The molecule has 1 rings (SSSR count). The first kappa shape index (κ1) is 11.9. The average Bonchev–Trinajstić information content (AvgIpc) is 2.18. The van der Waals surface area contributed by atoms with Crippen LogP contribution in [0.3, 0.4) is 0 Å². The van der Waals surface area contributed by atoms with Crippen LogP contribution in [0.5, 0.6) is 5.75 Å². The van der Waals surface area contributed by atoms with Crippen LogP contribution in [0, 0.1) is 0 Å². The van der Waals surface area contributed by atoms with Gasteiger partial charge in [0.25, 0.3) is 0 Å². The molecule has 0 saturated carbocycles. The number of nitrogens with two attached hydrogens (primary N) is 2. The number of ether oxygens (including phenoxy) is 1. The SMILES string of the molecule is NCC[C@@H](N)c1ccc(OC(F)F)cc1. The second-order valence-electron chi connectivity index (χ2n) is 3.13. The van der Waals surface area contributed by atoms with E-state index in [1.807, 2.05) is 0 Å². The highest BCUT2D eigenvalue weighted by Gasteiger charge is 2.07. The average molecular weight is 216 g/mol. The normalized spacial score (nSPS) is 12.9. The highest BCUT2D eigenvalue weighted by atomic mass is 19.3. The van der Waals surface area contributed by atoms with E-state index in [1.54, 1.807) is 12.1 Å². The Balaban J connectivity index is 2.63. The molecule has 0 fully saturated rings. The van der Waals surface area contributed by atoms with Crippen molar-refractivity contribution in [3.8, 4) is 5.75 Å².